The Bertz CT molecular complexity index is 337. The fraction of sp³-hybridized carbons (Fsp3) is 0.400. The third-order valence-electron chi connectivity index (χ3n) is 1.89. The minimum absolute atomic E-state index is 0.126. The van der Waals surface area contributed by atoms with Crippen LogP contribution in [0.4, 0.5) is 5.69 Å². The number of carboxylic acid groups (broad SMARTS) is 1. The van der Waals surface area contributed by atoms with Crippen LogP contribution in [0, 0.1) is 13.8 Å². The molecule has 76 valence electrons. The van der Waals surface area contributed by atoms with E-state index >= 15 is 0 Å². The molecule has 1 rings (SSSR count). The summed E-state index contributed by atoms with van der Waals surface area (Å²) < 4.78 is 0. The summed E-state index contributed by atoms with van der Waals surface area (Å²) in [7, 11) is 0. The molecule has 0 aliphatic heterocycles. The van der Waals surface area contributed by atoms with Crippen molar-refractivity contribution < 1.29 is 9.90 Å². The van der Waals surface area contributed by atoms with Crippen LogP contribution in [-0.4, -0.2) is 22.6 Å². The molecule has 0 fully saturated rings. The molecule has 0 amide bonds. The lowest BCUT2D eigenvalue weighted by atomic mass is 10.2. The van der Waals surface area contributed by atoms with Crippen molar-refractivity contribution in [3.05, 3.63) is 23.5 Å². The fourth-order valence-electron chi connectivity index (χ4n) is 1.12. The van der Waals surface area contributed by atoms with E-state index in [1.54, 1.807) is 6.20 Å². The second-order valence-electron chi connectivity index (χ2n) is 3.21. The predicted octanol–water partition coefficient (Wildman–Crippen LogP) is 1.59. The van der Waals surface area contributed by atoms with Gasteiger partial charge in [-0.1, -0.05) is 0 Å². The predicted molar refractivity (Wildman–Crippen MR) is 54.5 cm³/mol. The molecule has 0 bridgehead atoms. The molecule has 14 heavy (non-hydrogen) atoms. The van der Waals surface area contributed by atoms with E-state index in [-0.39, 0.29) is 6.42 Å². The highest BCUT2D eigenvalue weighted by Crippen LogP contribution is 2.13. The number of nitrogens with one attached hydrogen (secondary N) is 1. The molecule has 0 unspecified atom stereocenters. The highest BCUT2D eigenvalue weighted by molar-refractivity contribution is 5.67. The molecule has 0 aromatic carbocycles. The molecule has 4 heteroatoms. The average Bonchev–Trinajstić information content (AvgIpc) is 2.10. The number of aromatic nitrogens is 1. The first-order valence-corrected chi connectivity index (χ1v) is 4.48. The number of hydrogen-bond acceptors (Lipinski definition) is 3. The third-order valence-corrected chi connectivity index (χ3v) is 1.89. The maximum atomic E-state index is 10.3. The summed E-state index contributed by atoms with van der Waals surface area (Å²) in [6, 6.07) is 1.91. The zero-order valence-electron chi connectivity index (χ0n) is 8.37. The van der Waals surface area contributed by atoms with Gasteiger partial charge >= 0.3 is 5.97 Å². The zero-order valence-corrected chi connectivity index (χ0v) is 8.37. The minimum Gasteiger partial charge on any atom is -0.481 e. The van der Waals surface area contributed by atoms with Gasteiger partial charge in [-0.3, -0.25) is 9.78 Å². The van der Waals surface area contributed by atoms with Gasteiger partial charge in [-0.05, 0) is 25.5 Å². The summed E-state index contributed by atoms with van der Waals surface area (Å²) in [6.45, 7) is 4.29. The summed E-state index contributed by atoms with van der Waals surface area (Å²) in [5.74, 6) is -0.791. The first-order valence-electron chi connectivity index (χ1n) is 4.48. The average molecular weight is 194 g/mol. The second-order valence-corrected chi connectivity index (χ2v) is 3.21. The summed E-state index contributed by atoms with van der Waals surface area (Å²) in [4.78, 5) is 14.4. The van der Waals surface area contributed by atoms with Gasteiger partial charge in [0, 0.05) is 24.1 Å². The van der Waals surface area contributed by atoms with E-state index in [1.165, 1.54) is 0 Å². The molecule has 0 aliphatic carbocycles. The molecular formula is C10H14N2O2. The lowest BCUT2D eigenvalue weighted by Gasteiger charge is -2.08. The van der Waals surface area contributed by atoms with Crippen LogP contribution >= 0.6 is 0 Å². The van der Waals surface area contributed by atoms with E-state index in [1.807, 2.05) is 19.9 Å². The Labute approximate surface area is 83.0 Å². The summed E-state index contributed by atoms with van der Waals surface area (Å²) in [5, 5.41) is 11.5. The molecule has 2 N–H and O–H groups in total. The van der Waals surface area contributed by atoms with Gasteiger partial charge in [-0.25, -0.2) is 0 Å². The van der Waals surface area contributed by atoms with Gasteiger partial charge in [0.1, 0.15) is 0 Å². The van der Waals surface area contributed by atoms with Gasteiger partial charge in [0.05, 0.1) is 6.42 Å². The first-order chi connectivity index (χ1) is 6.59. The van der Waals surface area contributed by atoms with Gasteiger partial charge < -0.3 is 10.4 Å². The van der Waals surface area contributed by atoms with E-state index in [4.69, 9.17) is 5.11 Å². The Balaban J connectivity index is 2.57. The summed E-state index contributed by atoms with van der Waals surface area (Å²) in [6.07, 6.45) is 1.90. The minimum atomic E-state index is -0.791. The number of nitrogens with zero attached hydrogens (tertiary/aromatic N) is 1. The smallest absolute Gasteiger partial charge is 0.305 e. The molecule has 1 heterocycles. The van der Waals surface area contributed by atoms with Gasteiger partial charge in [-0.15, -0.1) is 0 Å². The molecule has 1 aromatic rings. The molecule has 0 saturated heterocycles. The van der Waals surface area contributed by atoms with Crippen LogP contribution in [0.2, 0.25) is 0 Å². The van der Waals surface area contributed by atoms with Crippen molar-refractivity contribution in [1.82, 2.24) is 4.98 Å². The van der Waals surface area contributed by atoms with Crippen LogP contribution in [0.3, 0.4) is 0 Å². The van der Waals surface area contributed by atoms with Crippen LogP contribution < -0.4 is 5.32 Å². The maximum Gasteiger partial charge on any atom is 0.305 e. The molecule has 0 radical (unpaired) electrons. The lowest BCUT2D eigenvalue weighted by molar-refractivity contribution is -0.136. The quantitative estimate of drug-likeness (QED) is 0.764. The first kappa shape index (κ1) is 10.5. The van der Waals surface area contributed by atoms with Crippen molar-refractivity contribution in [3.63, 3.8) is 0 Å². The van der Waals surface area contributed by atoms with Crippen LogP contribution in [0.5, 0.6) is 0 Å². The van der Waals surface area contributed by atoms with Gasteiger partial charge in [-0.2, -0.15) is 0 Å². The molecule has 4 nitrogen and oxygen atoms in total. The second kappa shape index (κ2) is 4.60. The van der Waals surface area contributed by atoms with Crippen molar-refractivity contribution >= 4 is 11.7 Å². The normalized spacial score (nSPS) is 9.86. The van der Waals surface area contributed by atoms with E-state index in [2.05, 4.69) is 10.3 Å². The van der Waals surface area contributed by atoms with Crippen molar-refractivity contribution in [1.29, 1.82) is 0 Å². The van der Waals surface area contributed by atoms with Crippen LogP contribution in [-0.2, 0) is 4.79 Å². The Hall–Kier alpha value is -1.58. The topological polar surface area (TPSA) is 62.2 Å². The van der Waals surface area contributed by atoms with Crippen molar-refractivity contribution in [3.8, 4) is 0 Å². The largest absolute Gasteiger partial charge is 0.481 e. The molecule has 0 aliphatic rings. The third kappa shape index (κ3) is 3.05. The summed E-state index contributed by atoms with van der Waals surface area (Å²) >= 11 is 0. The molecule has 0 spiro atoms. The number of hydrogen-bond donors (Lipinski definition) is 2. The van der Waals surface area contributed by atoms with Crippen molar-refractivity contribution in [2.24, 2.45) is 0 Å². The number of rotatable bonds is 4. The number of carbonyl (C=O) groups is 1. The van der Waals surface area contributed by atoms with Gasteiger partial charge in [0.15, 0.2) is 0 Å². The highest BCUT2D eigenvalue weighted by Gasteiger charge is 2.00. The van der Waals surface area contributed by atoms with Crippen LogP contribution in [0.15, 0.2) is 12.3 Å². The fourth-order valence-corrected chi connectivity index (χ4v) is 1.12. The Morgan fingerprint density at radius 1 is 1.57 bits per heavy atom. The number of aliphatic carboxylic acids is 1. The number of carboxylic acids is 1. The zero-order chi connectivity index (χ0) is 10.6. The highest BCUT2D eigenvalue weighted by atomic mass is 16.4. The summed E-state index contributed by atoms with van der Waals surface area (Å²) in [5.41, 5.74) is 2.91. The number of pyridine rings is 1. The Kier molecular flexibility index (Phi) is 3.45. The number of anilines is 1. The van der Waals surface area contributed by atoms with Crippen LogP contribution in [0.1, 0.15) is 17.7 Å². The van der Waals surface area contributed by atoms with E-state index in [0.717, 1.165) is 16.9 Å². The number of aryl methyl sites for hydroxylation is 2. The van der Waals surface area contributed by atoms with Gasteiger partial charge in [0.2, 0.25) is 0 Å². The Morgan fingerprint density at radius 3 is 2.93 bits per heavy atom. The standard InChI is InChI=1S/C10H14N2O2/c1-7-6-12-8(2)5-9(7)11-4-3-10(13)14/h5-6H,3-4H2,1-2H3,(H,11,12)(H,13,14). The SMILES string of the molecule is Cc1cc(NCCC(=O)O)c(C)cn1. The maximum absolute atomic E-state index is 10.3. The molecular weight excluding hydrogens is 180 g/mol. The van der Waals surface area contributed by atoms with Crippen LogP contribution in [0.25, 0.3) is 0 Å². The molecule has 0 saturated carbocycles. The Morgan fingerprint density at radius 2 is 2.29 bits per heavy atom. The molecule has 0 atom stereocenters. The van der Waals surface area contributed by atoms with Crippen molar-refractivity contribution in [2.45, 2.75) is 20.3 Å². The van der Waals surface area contributed by atoms with Gasteiger partial charge in [0.25, 0.3) is 0 Å². The monoisotopic (exact) mass is 194 g/mol. The van der Waals surface area contributed by atoms with Crippen molar-refractivity contribution in [2.75, 3.05) is 11.9 Å². The molecule has 1 aromatic heterocycles. The van der Waals surface area contributed by atoms with E-state index in [9.17, 15) is 4.79 Å². The van der Waals surface area contributed by atoms with E-state index in [0.29, 0.717) is 6.54 Å². The van der Waals surface area contributed by atoms with E-state index < -0.39 is 5.97 Å². The lowest BCUT2D eigenvalue weighted by Crippen LogP contribution is -2.08.